The summed E-state index contributed by atoms with van der Waals surface area (Å²) < 4.78 is 0. The second-order valence-electron chi connectivity index (χ2n) is 5.05. The maximum atomic E-state index is 12.6. The summed E-state index contributed by atoms with van der Waals surface area (Å²) in [6.07, 6.45) is 0.694. The third-order valence-electron chi connectivity index (χ3n) is 3.62. The lowest BCUT2D eigenvalue weighted by Gasteiger charge is -2.33. The highest BCUT2D eigenvalue weighted by atomic mass is 16.3. The van der Waals surface area contributed by atoms with Gasteiger partial charge < -0.3 is 15.7 Å². The molecule has 0 spiro atoms. The second-order valence-corrected chi connectivity index (χ2v) is 5.05. The molecule has 1 unspecified atom stereocenters. The highest BCUT2D eigenvalue weighted by molar-refractivity contribution is 5.82. The third kappa shape index (κ3) is 4.04. The summed E-state index contributed by atoms with van der Waals surface area (Å²) in [5.41, 5.74) is 6.24. The molecule has 0 aliphatic rings. The summed E-state index contributed by atoms with van der Waals surface area (Å²) in [6.45, 7) is 4.97. The van der Waals surface area contributed by atoms with E-state index in [1.54, 1.807) is 4.90 Å². The van der Waals surface area contributed by atoms with Crippen LogP contribution in [0, 0.1) is 5.41 Å². The van der Waals surface area contributed by atoms with Gasteiger partial charge in [0.25, 0.3) is 0 Å². The van der Waals surface area contributed by atoms with Gasteiger partial charge in [0.2, 0.25) is 5.91 Å². The van der Waals surface area contributed by atoms with Gasteiger partial charge in [0.05, 0.1) is 12.0 Å². The van der Waals surface area contributed by atoms with Crippen LogP contribution < -0.4 is 5.73 Å². The molecule has 0 heterocycles. The van der Waals surface area contributed by atoms with Crippen LogP contribution in [0.5, 0.6) is 0 Å². The van der Waals surface area contributed by atoms with Gasteiger partial charge in [-0.15, -0.1) is 0 Å². The number of benzene rings is 1. The third-order valence-corrected chi connectivity index (χ3v) is 3.62. The van der Waals surface area contributed by atoms with Crippen LogP contribution in [-0.2, 0) is 11.3 Å². The standard InChI is InChI=1S/C15H24N2O2/c1-3-15(2,12-16)14(19)17(9-10-18)11-13-7-5-4-6-8-13/h4-8,18H,3,9-12,16H2,1-2H3. The van der Waals surface area contributed by atoms with Gasteiger partial charge in [-0.05, 0) is 18.9 Å². The van der Waals surface area contributed by atoms with E-state index in [1.165, 1.54) is 0 Å². The van der Waals surface area contributed by atoms with Crippen LogP contribution in [0.2, 0.25) is 0 Å². The Morgan fingerprint density at radius 3 is 2.47 bits per heavy atom. The van der Waals surface area contributed by atoms with Crippen molar-refractivity contribution in [3.05, 3.63) is 35.9 Å². The summed E-state index contributed by atoms with van der Waals surface area (Å²) in [4.78, 5) is 14.2. The van der Waals surface area contributed by atoms with Crippen molar-refractivity contribution < 1.29 is 9.90 Å². The van der Waals surface area contributed by atoms with Crippen molar-refractivity contribution >= 4 is 5.91 Å². The van der Waals surface area contributed by atoms with Gasteiger partial charge in [-0.25, -0.2) is 0 Å². The van der Waals surface area contributed by atoms with E-state index in [9.17, 15) is 4.79 Å². The highest BCUT2D eigenvalue weighted by Crippen LogP contribution is 2.23. The van der Waals surface area contributed by atoms with E-state index in [4.69, 9.17) is 10.8 Å². The highest BCUT2D eigenvalue weighted by Gasteiger charge is 2.33. The van der Waals surface area contributed by atoms with E-state index < -0.39 is 5.41 Å². The first-order valence-electron chi connectivity index (χ1n) is 6.71. The SMILES string of the molecule is CCC(C)(CN)C(=O)N(CCO)Cc1ccccc1. The minimum Gasteiger partial charge on any atom is -0.395 e. The van der Waals surface area contributed by atoms with E-state index in [1.807, 2.05) is 44.2 Å². The maximum Gasteiger partial charge on any atom is 0.230 e. The van der Waals surface area contributed by atoms with Gasteiger partial charge in [-0.1, -0.05) is 37.3 Å². The van der Waals surface area contributed by atoms with Crippen molar-refractivity contribution in [2.24, 2.45) is 11.1 Å². The van der Waals surface area contributed by atoms with Gasteiger partial charge in [-0.2, -0.15) is 0 Å². The molecule has 1 amide bonds. The zero-order valence-corrected chi connectivity index (χ0v) is 11.8. The molecule has 106 valence electrons. The molecule has 0 saturated carbocycles. The summed E-state index contributed by atoms with van der Waals surface area (Å²) in [7, 11) is 0. The average molecular weight is 264 g/mol. The fourth-order valence-corrected chi connectivity index (χ4v) is 1.94. The fraction of sp³-hybridized carbons (Fsp3) is 0.533. The molecule has 4 heteroatoms. The summed E-state index contributed by atoms with van der Waals surface area (Å²) in [6, 6.07) is 9.78. The van der Waals surface area contributed by atoms with Gasteiger partial charge in [-0.3, -0.25) is 4.79 Å². The van der Waals surface area contributed by atoms with Crippen molar-refractivity contribution in [3.63, 3.8) is 0 Å². The Kier molecular flexibility index (Phi) is 5.99. The minimum atomic E-state index is -0.552. The van der Waals surface area contributed by atoms with Crippen LogP contribution in [0.25, 0.3) is 0 Å². The number of rotatable bonds is 7. The molecule has 0 radical (unpaired) electrons. The Balaban J connectivity index is 2.85. The number of amides is 1. The Morgan fingerprint density at radius 1 is 1.37 bits per heavy atom. The lowest BCUT2D eigenvalue weighted by Crippen LogP contribution is -2.46. The minimum absolute atomic E-state index is 0.00963. The molecule has 0 bridgehead atoms. The van der Waals surface area contributed by atoms with Crippen molar-refractivity contribution in [1.82, 2.24) is 4.90 Å². The van der Waals surface area contributed by atoms with Crippen LogP contribution in [0.15, 0.2) is 30.3 Å². The van der Waals surface area contributed by atoms with E-state index >= 15 is 0 Å². The number of hydrogen-bond acceptors (Lipinski definition) is 3. The number of carbonyl (C=O) groups is 1. The van der Waals surface area contributed by atoms with E-state index in [2.05, 4.69) is 0 Å². The van der Waals surface area contributed by atoms with Gasteiger partial charge in [0.1, 0.15) is 0 Å². The van der Waals surface area contributed by atoms with Crippen LogP contribution in [0.4, 0.5) is 0 Å². The first kappa shape index (κ1) is 15.7. The monoisotopic (exact) mass is 264 g/mol. The van der Waals surface area contributed by atoms with E-state index in [0.717, 1.165) is 5.56 Å². The van der Waals surface area contributed by atoms with Crippen molar-refractivity contribution in [1.29, 1.82) is 0 Å². The number of hydrogen-bond donors (Lipinski definition) is 2. The van der Waals surface area contributed by atoms with Crippen molar-refractivity contribution in [2.75, 3.05) is 19.7 Å². The molecule has 0 aliphatic carbocycles. The molecule has 3 N–H and O–H groups in total. The molecule has 0 fully saturated rings. The number of nitrogens with two attached hydrogens (primary N) is 1. The Labute approximate surface area is 115 Å². The topological polar surface area (TPSA) is 66.6 Å². The molecule has 1 rings (SSSR count). The van der Waals surface area contributed by atoms with Crippen LogP contribution >= 0.6 is 0 Å². The quantitative estimate of drug-likeness (QED) is 0.782. The summed E-state index contributed by atoms with van der Waals surface area (Å²) in [5.74, 6) is 0.00963. The molecule has 1 aromatic rings. The van der Waals surface area contributed by atoms with Gasteiger partial charge in [0, 0.05) is 19.6 Å². The molecule has 19 heavy (non-hydrogen) atoms. The molecule has 4 nitrogen and oxygen atoms in total. The van der Waals surface area contributed by atoms with Gasteiger partial charge >= 0.3 is 0 Å². The average Bonchev–Trinajstić information content (AvgIpc) is 2.46. The van der Waals surface area contributed by atoms with Crippen molar-refractivity contribution in [3.8, 4) is 0 Å². The van der Waals surface area contributed by atoms with E-state index in [0.29, 0.717) is 26.1 Å². The fourth-order valence-electron chi connectivity index (χ4n) is 1.94. The molecule has 1 atom stereocenters. The molecular weight excluding hydrogens is 240 g/mol. The smallest absolute Gasteiger partial charge is 0.230 e. The maximum absolute atomic E-state index is 12.6. The first-order chi connectivity index (χ1) is 9.07. The predicted molar refractivity (Wildman–Crippen MR) is 76.4 cm³/mol. The normalized spacial score (nSPS) is 13.9. The number of carbonyl (C=O) groups excluding carboxylic acids is 1. The number of nitrogens with zero attached hydrogens (tertiary/aromatic N) is 1. The number of aliphatic hydroxyl groups is 1. The van der Waals surface area contributed by atoms with Crippen LogP contribution in [-0.4, -0.2) is 35.6 Å². The molecular formula is C15H24N2O2. The number of aliphatic hydroxyl groups excluding tert-OH is 1. The predicted octanol–water partition coefficient (Wildman–Crippen LogP) is 1.38. The molecule has 0 saturated heterocycles. The zero-order valence-electron chi connectivity index (χ0n) is 11.8. The Morgan fingerprint density at radius 2 is 2.00 bits per heavy atom. The first-order valence-corrected chi connectivity index (χ1v) is 6.71. The van der Waals surface area contributed by atoms with E-state index in [-0.39, 0.29) is 12.5 Å². The Bertz CT molecular complexity index is 388. The lowest BCUT2D eigenvalue weighted by molar-refractivity contribution is -0.142. The molecule has 0 aliphatic heterocycles. The van der Waals surface area contributed by atoms with Crippen LogP contribution in [0.3, 0.4) is 0 Å². The molecule has 1 aromatic carbocycles. The summed E-state index contributed by atoms with van der Waals surface area (Å²) in [5, 5.41) is 9.15. The van der Waals surface area contributed by atoms with Gasteiger partial charge in [0.15, 0.2) is 0 Å². The lowest BCUT2D eigenvalue weighted by atomic mass is 9.86. The summed E-state index contributed by atoms with van der Waals surface area (Å²) >= 11 is 0. The van der Waals surface area contributed by atoms with Crippen LogP contribution in [0.1, 0.15) is 25.8 Å². The zero-order chi connectivity index (χ0) is 14.3. The van der Waals surface area contributed by atoms with Crippen molar-refractivity contribution in [2.45, 2.75) is 26.8 Å². The second kappa shape index (κ2) is 7.26. The largest absolute Gasteiger partial charge is 0.395 e. The molecule has 0 aromatic heterocycles. The Hall–Kier alpha value is -1.39.